The average molecular weight is 395 g/mol. The zero-order valence-electron chi connectivity index (χ0n) is 12.1. The van der Waals surface area contributed by atoms with Gasteiger partial charge in [0.15, 0.2) is 0 Å². The minimum absolute atomic E-state index is 0.307. The minimum Gasteiger partial charge on any atom is -0.321 e. The monoisotopic (exact) mass is 394 g/mol. The lowest BCUT2D eigenvalue weighted by molar-refractivity contribution is -0.136. The van der Waals surface area contributed by atoms with Crippen molar-refractivity contribution in [2.45, 2.75) is 6.18 Å². The van der Waals surface area contributed by atoms with Crippen LogP contribution in [0.25, 0.3) is 6.08 Å². The Kier molecular flexibility index (Phi) is 5.42. The summed E-state index contributed by atoms with van der Waals surface area (Å²) in [6.07, 6.45) is -3.31. The molecule has 0 atom stereocenters. The Labute approximate surface area is 144 Å². The van der Waals surface area contributed by atoms with Crippen molar-refractivity contribution >= 4 is 33.6 Å². The molecule has 0 spiro atoms. The fraction of sp³-hybridized carbons (Fsp3) is 0.0588. The number of halogens is 4. The first-order chi connectivity index (χ1) is 11.3. The zero-order chi connectivity index (χ0) is 17.7. The van der Waals surface area contributed by atoms with Gasteiger partial charge >= 0.3 is 6.18 Å². The van der Waals surface area contributed by atoms with E-state index in [-0.39, 0.29) is 5.57 Å². The van der Waals surface area contributed by atoms with Crippen molar-refractivity contribution in [1.82, 2.24) is 0 Å². The molecule has 0 aromatic heterocycles. The van der Waals surface area contributed by atoms with Crippen LogP contribution in [-0.4, -0.2) is 5.91 Å². The van der Waals surface area contributed by atoms with Crippen LogP contribution in [0.2, 0.25) is 0 Å². The van der Waals surface area contributed by atoms with Crippen LogP contribution in [0.1, 0.15) is 11.1 Å². The average Bonchev–Trinajstić information content (AvgIpc) is 2.53. The Morgan fingerprint density at radius 1 is 1.12 bits per heavy atom. The van der Waals surface area contributed by atoms with Crippen LogP contribution < -0.4 is 5.32 Å². The van der Waals surface area contributed by atoms with E-state index >= 15 is 0 Å². The molecule has 0 aliphatic heterocycles. The normalized spacial score (nSPS) is 11.7. The molecule has 0 aliphatic rings. The summed E-state index contributed by atoms with van der Waals surface area (Å²) in [4.78, 5) is 12.2. The van der Waals surface area contributed by atoms with E-state index in [4.69, 9.17) is 5.26 Å². The molecule has 2 rings (SSSR count). The topological polar surface area (TPSA) is 52.9 Å². The lowest BCUT2D eigenvalue weighted by atomic mass is 10.1. The van der Waals surface area contributed by atoms with E-state index in [1.807, 2.05) is 0 Å². The maximum Gasteiger partial charge on any atom is 0.418 e. The molecule has 0 radical (unpaired) electrons. The lowest BCUT2D eigenvalue weighted by Crippen LogP contribution is -2.17. The molecule has 122 valence electrons. The summed E-state index contributed by atoms with van der Waals surface area (Å²) in [5, 5.41) is 11.3. The molecule has 2 aromatic rings. The molecule has 0 saturated heterocycles. The number of hydrogen-bond donors (Lipinski definition) is 1. The van der Waals surface area contributed by atoms with Gasteiger partial charge in [0.1, 0.15) is 11.6 Å². The standard InChI is InChI=1S/C17H10BrF3N2O/c18-14-7-3-1-5-11(14)9-12(10-22)16(24)23-15-8-4-2-6-13(15)17(19,20)21/h1-9H,(H,23,24)/b12-9+. The van der Waals surface area contributed by atoms with E-state index in [9.17, 15) is 18.0 Å². The number of nitriles is 1. The predicted molar refractivity (Wildman–Crippen MR) is 87.8 cm³/mol. The Bertz CT molecular complexity index is 838. The first-order valence-electron chi connectivity index (χ1n) is 6.67. The fourth-order valence-electron chi connectivity index (χ4n) is 1.93. The van der Waals surface area contributed by atoms with Gasteiger partial charge < -0.3 is 5.32 Å². The molecular formula is C17H10BrF3N2O. The third-order valence-corrected chi connectivity index (χ3v) is 3.77. The molecule has 0 unspecified atom stereocenters. The van der Waals surface area contributed by atoms with Gasteiger partial charge in [0.2, 0.25) is 0 Å². The summed E-state index contributed by atoms with van der Waals surface area (Å²) in [5.74, 6) is -0.912. The minimum atomic E-state index is -4.61. The van der Waals surface area contributed by atoms with Crippen molar-refractivity contribution in [3.63, 3.8) is 0 Å². The Morgan fingerprint density at radius 2 is 1.75 bits per heavy atom. The molecule has 0 aliphatic carbocycles. The zero-order valence-corrected chi connectivity index (χ0v) is 13.6. The number of alkyl halides is 3. The Hall–Kier alpha value is -2.59. The molecule has 0 bridgehead atoms. The Balaban J connectivity index is 2.33. The summed E-state index contributed by atoms with van der Waals surface area (Å²) >= 11 is 3.27. The summed E-state index contributed by atoms with van der Waals surface area (Å²) in [6, 6.07) is 13.1. The van der Waals surface area contributed by atoms with Gasteiger partial charge in [0.05, 0.1) is 11.3 Å². The van der Waals surface area contributed by atoms with E-state index in [1.54, 1.807) is 30.3 Å². The number of benzene rings is 2. The van der Waals surface area contributed by atoms with Gasteiger partial charge in [0, 0.05) is 4.47 Å². The van der Waals surface area contributed by atoms with E-state index in [1.165, 1.54) is 18.2 Å². The van der Waals surface area contributed by atoms with Gasteiger partial charge in [-0.1, -0.05) is 46.3 Å². The number of amides is 1. The van der Waals surface area contributed by atoms with E-state index in [2.05, 4.69) is 21.2 Å². The van der Waals surface area contributed by atoms with Gasteiger partial charge in [-0.05, 0) is 29.8 Å². The van der Waals surface area contributed by atoms with Crippen LogP contribution in [-0.2, 0) is 11.0 Å². The smallest absolute Gasteiger partial charge is 0.321 e. The summed E-state index contributed by atoms with van der Waals surface area (Å²) in [7, 11) is 0. The van der Waals surface area contributed by atoms with Crippen LogP contribution in [0.3, 0.4) is 0 Å². The molecule has 24 heavy (non-hydrogen) atoms. The third kappa shape index (κ3) is 4.24. The molecule has 0 fully saturated rings. The maximum absolute atomic E-state index is 12.9. The highest BCUT2D eigenvalue weighted by atomic mass is 79.9. The number of anilines is 1. The van der Waals surface area contributed by atoms with Crippen molar-refractivity contribution in [3.05, 3.63) is 69.7 Å². The number of carbonyl (C=O) groups is 1. The predicted octanol–water partition coefficient (Wildman–Crippen LogP) is 5.01. The van der Waals surface area contributed by atoms with Crippen LogP contribution in [0.4, 0.5) is 18.9 Å². The van der Waals surface area contributed by atoms with E-state index in [0.717, 1.165) is 12.1 Å². The summed E-state index contributed by atoms with van der Waals surface area (Å²) < 4.78 is 39.5. The van der Waals surface area contributed by atoms with Crippen LogP contribution in [0.5, 0.6) is 0 Å². The van der Waals surface area contributed by atoms with Crippen LogP contribution in [0, 0.1) is 11.3 Å². The van der Waals surface area contributed by atoms with Crippen molar-refractivity contribution in [1.29, 1.82) is 5.26 Å². The second kappa shape index (κ2) is 7.32. The molecule has 1 N–H and O–H groups in total. The molecular weight excluding hydrogens is 385 g/mol. The van der Waals surface area contributed by atoms with Gasteiger partial charge in [-0.2, -0.15) is 18.4 Å². The largest absolute Gasteiger partial charge is 0.418 e. The highest BCUT2D eigenvalue weighted by Gasteiger charge is 2.33. The number of para-hydroxylation sites is 1. The number of rotatable bonds is 3. The van der Waals surface area contributed by atoms with Gasteiger partial charge in [-0.25, -0.2) is 0 Å². The molecule has 0 heterocycles. The number of hydrogen-bond acceptors (Lipinski definition) is 2. The highest BCUT2D eigenvalue weighted by Crippen LogP contribution is 2.34. The molecule has 0 saturated carbocycles. The van der Waals surface area contributed by atoms with Gasteiger partial charge in [-0.3, -0.25) is 4.79 Å². The van der Waals surface area contributed by atoms with Crippen molar-refractivity contribution < 1.29 is 18.0 Å². The molecule has 7 heteroatoms. The maximum atomic E-state index is 12.9. The summed E-state index contributed by atoms with van der Waals surface area (Å²) in [5.41, 5.74) is -1.12. The van der Waals surface area contributed by atoms with Crippen molar-refractivity contribution in [3.8, 4) is 6.07 Å². The Morgan fingerprint density at radius 3 is 2.38 bits per heavy atom. The van der Waals surface area contributed by atoms with E-state index < -0.39 is 23.3 Å². The second-order valence-electron chi connectivity index (χ2n) is 4.69. The third-order valence-electron chi connectivity index (χ3n) is 3.05. The molecule has 1 amide bonds. The van der Waals surface area contributed by atoms with Gasteiger partial charge in [-0.15, -0.1) is 0 Å². The number of nitrogens with one attached hydrogen (secondary N) is 1. The fourth-order valence-corrected chi connectivity index (χ4v) is 2.32. The van der Waals surface area contributed by atoms with Crippen molar-refractivity contribution in [2.75, 3.05) is 5.32 Å². The number of nitrogens with zero attached hydrogens (tertiary/aromatic N) is 1. The van der Waals surface area contributed by atoms with Gasteiger partial charge in [0.25, 0.3) is 5.91 Å². The van der Waals surface area contributed by atoms with Crippen LogP contribution >= 0.6 is 15.9 Å². The van der Waals surface area contributed by atoms with Crippen LogP contribution in [0.15, 0.2) is 58.6 Å². The quantitative estimate of drug-likeness (QED) is 0.587. The first-order valence-corrected chi connectivity index (χ1v) is 7.46. The van der Waals surface area contributed by atoms with Crippen molar-refractivity contribution in [2.24, 2.45) is 0 Å². The lowest BCUT2D eigenvalue weighted by Gasteiger charge is -2.13. The second-order valence-corrected chi connectivity index (χ2v) is 5.54. The molecule has 3 nitrogen and oxygen atoms in total. The highest BCUT2D eigenvalue weighted by molar-refractivity contribution is 9.10. The van der Waals surface area contributed by atoms with E-state index in [0.29, 0.717) is 10.0 Å². The molecule has 2 aromatic carbocycles. The number of carbonyl (C=O) groups excluding carboxylic acids is 1. The SMILES string of the molecule is N#C/C(=C\c1ccccc1Br)C(=O)Nc1ccccc1C(F)(F)F. The summed E-state index contributed by atoms with van der Waals surface area (Å²) in [6.45, 7) is 0. The first kappa shape index (κ1) is 17.8.